The summed E-state index contributed by atoms with van der Waals surface area (Å²) in [6, 6.07) is 4.85. The number of sulfonamides is 1. The van der Waals surface area contributed by atoms with Gasteiger partial charge in [0.1, 0.15) is 0 Å². The van der Waals surface area contributed by atoms with Crippen LogP contribution in [0.15, 0.2) is 32.3 Å². The minimum absolute atomic E-state index is 0.0423. The molecule has 0 unspecified atom stereocenters. The average molecular weight is 436 g/mol. The van der Waals surface area contributed by atoms with Gasteiger partial charge in [0, 0.05) is 44.7 Å². The summed E-state index contributed by atoms with van der Waals surface area (Å²) in [5.41, 5.74) is 0.740. The average Bonchev–Trinajstić information content (AvgIpc) is 3.26. The molecule has 1 aliphatic carbocycles. The van der Waals surface area contributed by atoms with Crippen molar-refractivity contribution in [2.75, 3.05) is 19.6 Å². The molecule has 0 radical (unpaired) electrons. The summed E-state index contributed by atoms with van der Waals surface area (Å²) in [6.07, 6.45) is 4.01. The molecule has 9 heteroatoms. The lowest BCUT2D eigenvalue weighted by Crippen LogP contribution is -2.36. The van der Waals surface area contributed by atoms with Gasteiger partial charge in [-0.3, -0.25) is 9.36 Å². The van der Waals surface area contributed by atoms with Crippen molar-refractivity contribution in [3.63, 3.8) is 0 Å². The second-order valence-electron chi connectivity index (χ2n) is 8.68. The van der Waals surface area contributed by atoms with Crippen molar-refractivity contribution < 1.29 is 17.6 Å². The third kappa shape index (κ3) is 4.18. The number of hydrogen-bond donors (Lipinski definition) is 0. The molecule has 30 heavy (non-hydrogen) atoms. The fourth-order valence-corrected chi connectivity index (χ4v) is 5.61. The van der Waals surface area contributed by atoms with Gasteiger partial charge in [0.05, 0.1) is 10.4 Å². The van der Waals surface area contributed by atoms with E-state index in [1.807, 2.05) is 4.90 Å². The highest BCUT2D eigenvalue weighted by Gasteiger charge is 2.33. The molecule has 2 heterocycles. The number of aromatic nitrogens is 1. The fourth-order valence-electron chi connectivity index (χ4n) is 4.08. The van der Waals surface area contributed by atoms with E-state index in [0.717, 1.165) is 32.2 Å². The largest absolute Gasteiger partial charge is 0.419 e. The smallest absolute Gasteiger partial charge is 0.408 e. The monoisotopic (exact) mass is 435 g/mol. The van der Waals surface area contributed by atoms with Crippen molar-refractivity contribution in [2.24, 2.45) is 5.92 Å². The van der Waals surface area contributed by atoms with Crippen LogP contribution in [0.3, 0.4) is 0 Å². The van der Waals surface area contributed by atoms with Crippen LogP contribution in [-0.4, -0.2) is 53.8 Å². The molecule has 1 aromatic heterocycles. The van der Waals surface area contributed by atoms with Gasteiger partial charge in [0.2, 0.25) is 15.9 Å². The van der Waals surface area contributed by atoms with E-state index < -0.39 is 15.8 Å². The van der Waals surface area contributed by atoms with Crippen molar-refractivity contribution in [2.45, 2.75) is 63.4 Å². The zero-order chi connectivity index (χ0) is 21.5. The van der Waals surface area contributed by atoms with Crippen molar-refractivity contribution in [3.05, 3.63) is 28.7 Å². The lowest BCUT2D eigenvalue weighted by Gasteiger charge is -2.24. The first-order valence-corrected chi connectivity index (χ1v) is 12.1. The molecule has 0 spiro atoms. The predicted molar refractivity (Wildman–Crippen MR) is 113 cm³/mol. The standard InChI is InChI=1S/C21H29N3O5S/c1-15(2)14-24(16-5-6-16)20(25)9-12-23-18-8-7-17(13-19(18)29-21(23)26)30(27,28)22-10-3-4-11-22/h7-8,13,15-16H,3-6,9-12,14H2,1-2H3. The van der Waals surface area contributed by atoms with E-state index >= 15 is 0 Å². The maximum atomic E-state index is 12.8. The van der Waals surface area contributed by atoms with E-state index in [-0.39, 0.29) is 29.4 Å². The van der Waals surface area contributed by atoms with E-state index in [4.69, 9.17) is 4.42 Å². The summed E-state index contributed by atoms with van der Waals surface area (Å²) in [7, 11) is -3.58. The summed E-state index contributed by atoms with van der Waals surface area (Å²) in [5.74, 6) is -0.140. The van der Waals surface area contributed by atoms with Crippen molar-refractivity contribution in [1.82, 2.24) is 13.8 Å². The van der Waals surface area contributed by atoms with Crippen LogP contribution in [0, 0.1) is 5.92 Å². The van der Waals surface area contributed by atoms with Gasteiger partial charge in [-0.05, 0) is 43.7 Å². The minimum Gasteiger partial charge on any atom is -0.408 e. The highest BCUT2D eigenvalue weighted by molar-refractivity contribution is 7.89. The van der Waals surface area contributed by atoms with Crippen LogP contribution >= 0.6 is 0 Å². The van der Waals surface area contributed by atoms with E-state index in [2.05, 4.69) is 13.8 Å². The first kappa shape index (κ1) is 21.1. The summed E-state index contributed by atoms with van der Waals surface area (Å²) >= 11 is 0. The number of amides is 1. The molecule has 2 fully saturated rings. The van der Waals surface area contributed by atoms with Gasteiger partial charge in [0.15, 0.2) is 5.58 Å². The van der Waals surface area contributed by atoms with Gasteiger partial charge in [-0.25, -0.2) is 13.2 Å². The van der Waals surface area contributed by atoms with Gasteiger partial charge < -0.3 is 9.32 Å². The number of oxazole rings is 1. The van der Waals surface area contributed by atoms with Crippen LogP contribution in [-0.2, 0) is 21.4 Å². The molecule has 2 aliphatic rings. The van der Waals surface area contributed by atoms with Crippen molar-refractivity contribution >= 4 is 27.0 Å². The second-order valence-corrected chi connectivity index (χ2v) is 10.6. The second kappa shape index (κ2) is 8.19. The third-order valence-electron chi connectivity index (χ3n) is 5.76. The Morgan fingerprint density at radius 2 is 1.93 bits per heavy atom. The molecule has 0 atom stereocenters. The normalized spacial score (nSPS) is 17.8. The Morgan fingerprint density at radius 1 is 1.23 bits per heavy atom. The maximum Gasteiger partial charge on any atom is 0.419 e. The van der Waals surface area contributed by atoms with Crippen LogP contribution in [0.4, 0.5) is 0 Å². The van der Waals surface area contributed by atoms with Crippen molar-refractivity contribution in [3.8, 4) is 0 Å². The number of carbonyl (C=O) groups excluding carboxylic acids is 1. The number of hydrogen-bond acceptors (Lipinski definition) is 5. The highest BCUT2D eigenvalue weighted by Crippen LogP contribution is 2.28. The Hall–Kier alpha value is -2.13. The Bertz CT molecular complexity index is 1090. The lowest BCUT2D eigenvalue weighted by atomic mass is 10.2. The van der Waals surface area contributed by atoms with Crippen LogP contribution < -0.4 is 5.76 Å². The number of nitrogens with zero attached hydrogens (tertiary/aromatic N) is 3. The molecular formula is C21H29N3O5S. The molecule has 0 bridgehead atoms. The van der Waals surface area contributed by atoms with Gasteiger partial charge >= 0.3 is 5.76 Å². The molecule has 1 saturated heterocycles. The molecule has 2 aromatic rings. The highest BCUT2D eigenvalue weighted by atomic mass is 32.2. The Balaban J connectivity index is 1.53. The molecular weight excluding hydrogens is 406 g/mol. The Labute approximate surface area is 176 Å². The third-order valence-corrected chi connectivity index (χ3v) is 7.66. The molecule has 8 nitrogen and oxygen atoms in total. The van der Waals surface area contributed by atoms with E-state index in [0.29, 0.717) is 30.6 Å². The molecule has 1 saturated carbocycles. The van der Waals surface area contributed by atoms with E-state index in [1.165, 1.54) is 21.0 Å². The summed E-state index contributed by atoms with van der Waals surface area (Å²) < 4.78 is 33.7. The maximum absolute atomic E-state index is 12.8. The molecule has 1 aromatic carbocycles. The minimum atomic E-state index is -3.58. The summed E-state index contributed by atoms with van der Waals surface area (Å²) in [6.45, 7) is 6.14. The zero-order valence-electron chi connectivity index (χ0n) is 17.5. The topological polar surface area (TPSA) is 92.8 Å². The quantitative estimate of drug-likeness (QED) is 0.635. The first-order valence-electron chi connectivity index (χ1n) is 10.7. The fraction of sp³-hybridized carbons (Fsp3) is 0.619. The molecule has 164 valence electrons. The van der Waals surface area contributed by atoms with Crippen molar-refractivity contribution in [1.29, 1.82) is 0 Å². The Kier molecular flexibility index (Phi) is 5.76. The molecule has 0 N–H and O–H groups in total. The zero-order valence-corrected chi connectivity index (χ0v) is 18.4. The number of benzene rings is 1. The van der Waals surface area contributed by atoms with E-state index in [9.17, 15) is 18.0 Å². The lowest BCUT2D eigenvalue weighted by molar-refractivity contribution is -0.132. The SMILES string of the molecule is CC(C)CN(C(=O)CCn1c(=O)oc2cc(S(=O)(=O)N3CCCC3)ccc21)C1CC1. The number of carbonyl (C=O) groups is 1. The van der Waals surface area contributed by atoms with Crippen LogP contribution in [0.2, 0.25) is 0 Å². The first-order chi connectivity index (χ1) is 14.3. The van der Waals surface area contributed by atoms with Gasteiger partial charge in [-0.1, -0.05) is 13.8 Å². The van der Waals surface area contributed by atoms with Gasteiger partial charge in [-0.15, -0.1) is 0 Å². The summed E-state index contributed by atoms with van der Waals surface area (Å²) in [4.78, 5) is 27.2. The molecule has 1 amide bonds. The van der Waals surface area contributed by atoms with E-state index in [1.54, 1.807) is 6.07 Å². The van der Waals surface area contributed by atoms with Crippen LogP contribution in [0.5, 0.6) is 0 Å². The van der Waals surface area contributed by atoms with Crippen LogP contribution in [0.1, 0.15) is 46.0 Å². The predicted octanol–water partition coefficient (Wildman–Crippen LogP) is 2.42. The van der Waals surface area contributed by atoms with Gasteiger partial charge in [-0.2, -0.15) is 4.31 Å². The Morgan fingerprint density at radius 3 is 2.57 bits per heavy atom. The molecule has 1 aliphatic heterocycles. The number of aryl methyl sites for hydroxylation is 1. The number of rotatable bonds is 8. The van der Waals surface area contributed by atoms with Crippen LogP contribution in [0.25, 0.3) is 11.1 Å². The summed E-state index contributed by atoms with van der Waals surface area (Å²) in [5, 5.41) is 0. The number of fused-ring (bicyclic) bond motifs is 1. The molecule has 4 rings (SSSR count). The van der Waals surface area contributed by atoms with Gasteiger partial charge in [0.25, 0.3) is 0 Å².